The van der Waals surface area contributed by atoms with Gasteiger partial charge in [-0.25, -0.2) is 0 Å². The maximum atomic E-state index is 9.55. The Kier molecular flexibility index (Phi) is 8.96. The molecule has 80 valence electrons. The molecule has 0 saturated heterocycles. The van der Waals surface area contributed by atoms with Crippen LogP contribution < -0.4 is 0 Å². The molecule has 0 aromatic carbocycles. The molecule has 0 heterocycles. The molecular formula is C7H16O4S2. The van der Waals surface area contributed by atoms with Crippen LogP contribution in [0.5, 0.6) is 0 Å². The molecule has 0 unspecified atom stereocenters. The standard InChI is InChI=1S/C5H12O2.C2H4O2S2/c1-5(2,3-6)4-7;3-1(4)2(5)6/h6-7H,3-4H2,1-2H3;2,5-6H,(H,3,4). The summed E-state index contributed by atoms with van der Waals surface area (Å²) in [6.07, 6.45) is 0. The molecule has 0 amide bonds. The topological polar surface area (TPSA) is 77.8 Å². The van der Waals surface area contributed by atoms with E-state index in [0.717, 1.165) is 0 Å². The minimum atomic E-state index is -1.01. The third-order valence-electron chi connectivity index (χ3n) is 1.08. The number of hydrogen-bond acceptors (Lipinski definition) is 5. The van der Waals surface area contributed by atoms with Crippen LogP contribution in [-0.2, 0) is 4.79 Å². The highest BCUT2D eigenvalue weighted by atomic mass is 32.2. The molecule has 0 spiro atoms. The molecule has 0 rings (SSSR count). The lowest BCUT2D eigenvalue weighted by Gasteiger charge is -2.16. The van der Waals surface area contributed by atoms with Crippen LogP contribution in [0.3, 0.4) is 0 Å². The van der Waals surface area contributed by atoms with Gasteiger partial charge in [-0.15, -0.1) is 0 Å². The Morgan fingerprint density at radius 3 is 1.54 bits per heavy atom. The van der Waals surface area contributed by atoms with Gasteiger partial charge < -0.3 is 15.3 Å². The minimum Gasteiger partial charge on any atom is -0.480 e. The number of rotatable bonds is 3. The van der Waals surface area contributed by atoms with E-state index in [0.29, 0.717) is 0 Å². The summed E-state index contributed by atoms with van der Waals surface area (Å²) >= 11 is 6.92. The smallest absolute Gasteiger partial charge is 0.326 e. The molecular weight excluding hydrogens is 212 g/mol. The van der Waals surface area contributed by atoms with E-state index in [4.69, 9.17) is 15.3 Å². The first kappa shape index (κ1) is 15.6. The molecule has 4 nitrogen and oxygen atoms in total. The number of aliphatic hydroxyl groups is 2. The Morgan fingerprint density at radius 1 is 1.31 bits per heavy atom. The van der Waals surface area contributed by atoms with Crippen LogP contribution in [0, 0.1) is 5.41 Å². The molecule has 3 N–H and O–H groups in total. The van der Waals surface area contributed by atoms with Crippen LogP contribution in [0.25, 0.3) is 0 Å². The first-order valence-electron chi connectivity index (χ1n) is 3.57. The molecule has 0 fully saturated rings. The number of aliphatic carboxylic acids is 1. The fourth-order valence-corrected chi connectivity index (χ4v) is 0.0500. The molecule has 0 radical (unpaired) electrons. The average molecular weight is 228 g/mol. The summed E-state index contributed by atoms with van der Waals surface area (Å²) in [5.74, 6) is -1.01. The summed E-state index contributed by atoms with van der Waals surface area (Å²) in [5.41, 5.74) is -0.306. The Hall–Kier alpha value is 0.0900. The second-order valence-corrected chi connectivity index (χ2v) is 4.63. The largest absolute Gasteiger partial charge is 0.480 e. The Bertz CT molecular complexity index is 141. The monoisotopic (exact) mass is 228 g/mol. The maximum absolute atomic E-state index is 9.55. The van der Waals surface area contributed by atoms with Crippen molar-refractivity contribution in [3.05, 3.63) is 0 Å². The maximum Gasteiger partial charge on any atom is 0.326 e. The summed E-state index contributed by atoms with van der Waals surface area (Å²) in [4.78, 5) is 9.55. The van der Waals surface area contributed by atoms with E-state index in [1.54, 1.807) is 13.8 Å². The Labute approximate surface area is 88.8 Å². The van der Waals surface area contributed by atoms with E-state index in [2.05, 4.69) is 25.3 Å². The van der Waals surface area contributed by atoms with Gasteiger partial charge in [-0.2, -0.15) is 25.3 Å². The van der Waals surface area contributed by atoms with E-state index < -0.39 is 10.6 Å². The van der Waals surface area contributed by atoms with Crippen molar-refractivity contribution < 1.29 is 20.1 Å². The fourth-order valence-electron chi connectivity index (χ4n) is 0.0500. The quantitative estimate of drug-likeness (QED) is 0.354. The van der Waals surface area contributed by atoms with Crippen molar-refractivity contribution in [2.75, 3.05) is 13.2 Å². The second kappa shape index (κ2) is 7.49. The van der Waals surface area contributed by atoms with Gasteiger partial charge in [0.05, 0.1) is 13.2 Å². The van der Waals surface area contributed by atoms with E-state index in [1.165, 1.54) is 0 Å². The number of carbonyl (C=O) groups is 1. The number of thiol groups is 2. The summed E-state index contributed by atoms with van der Waals surface area (Å²) in [6.45, 7) is 3.69. The van der Waals surface area contributed by atoms with Crippen LogP contribution in [0.2, 0.25) is 0 Å². The molecule has 0 saturated carbocycles. The highest BCUT2D eigenvalue weighted by Crippen LogP contribution is 2.10. The highest BCUT2D eigenvalue weighted by Gasteiger charge is 2.13. The summed E-state index contributed by atoms with van der Waals surface area (Å²) in [6, 6.07) is 0. The van der Waals surface area contributed by atoms with Gasteiger partial charge in [0.1, 0.15) is 4.58 Å². The van der Waals surface area contributed by atoms with Crippen molar-refractivity contribution in [2.45, 2.75) is 18.4 Å². The van der Waals surface area contributed by atoms with Gasteiger partial charge in [0.2, 0.25) is 0 Å². The predicted octanol–water partition coefficient (Wildman–Crippen LogP) is 0.254. The first-order chi connectivity index (χ1) is 5.76. The number of carboxylic acid groups (broad SMARTS) is 1. The molecule has 0 aliphatic rings. The molecule has 6 heteroatoms. The zero-order valence-electron chi connectivity index (χ0n) is 7.64. The minimum absolute atomic E-state index is 0.0451. The van der Waals surface area contributed by atoms with Crippen LogP contribution in [0.15, 0.2) is 0 Å². The molecule has 0 atom stereocenters. The Balaban J connectivity index is 0. The van der Waals surface area contributed by atoms with Gasteiger partial charge in [0.15, 0.2) is 0 Å². The number of hydrogen-bond donors (Lipinski definition) is 5. The van der Waals surface area contributed by atoms with Gasteiger partial charge in [0, 0.05) is 5.41 Å². The van der Waals surface area contributed by atoms with Crippen LogP contribution in [0.4, 0.5) is 0 Å². The van der Waals surface area contributed by atoms with E-state index >= 15 is 0 Å². The lowest BCUT2D eigenvalue weighted by molar-refractivity contribution is -0.134. The lowest BCUT2D eigenvalue weighted by Crippen LogP contribution is -2.20. The van der Waals surface area contributed by atoms with Crippen LogP contribution in [-0.4, -0.2) is 39.1 Å². The first-order valence-corrected chi connectivity index (χ1v) is 4.61. The van der Waals surface area contributed by atoms with Crippen molar-refractivity contribution in [1.82, 2.24) is 0 Å². The molecule has 0 aromatic heterocycles. The predicted molar refractivity (Wildman–Crippen MR) is 57.3 cm³/mol. The third kappa shape index (κ3) is 12.1. The average Bonchev–Trinajstić information content (AvgIpc) is 2.05. The Morgan fingerprint density at radius 2 is 1.54 bits per heavy atom. The lowest BCUT2D eigenvalue weighted by atomic mass is 9.97. The van der Waals surface area contributed by atoms with Crippen molar-refractivity contribution in [2.24, 2.45) is 5.41 Å². The van der Waals surface area contributed by atoms with Crippen molar-refractivity contribution >= 4 is 31.2 Å². The van der Waals surface area contributed by atoms with Gasteiger partial charge in [-0.3, -0.25) is 4.79 Å². The van der Waals surface area contributed by atoms with Crippen molar-refractivity contribution in [1.29, 1.82) is 0 Å². The van der Waals surface area contributed by atoms with E-state index in [-0.39, 0.29) is 18.6 Å². The van der Waals surface area contributed by atoms with E-state index in [1.807, 2.05) is 0 Å². The van der Waals surface area contributed by atoms with E-state index in [9.17, 15) is 4.79 Å². The van der Waals surface area contributed by atoms with Gasteiger partial charge in [-0.1, -0.05) is 13.8 Å². The van der Waals surface area contributed by atoms with Crippen LogP contribution >= 0.6 is 25.3 Å². The zero-order valence-corrected chi connectivity index (χ0v) is 9.42. The normalized spacial score (nSPS) is 10.7. The summed E-state index contributed by atoms with van der Waals surface area (Å²) in [7, 11) is 0. The van der Waals surface area contributed by atoms with Gasteiger partial charge >= 0.3 is 5.97 Å². The molecule has 0 bridgehead atoms. The van der Waals surface area contributed by atoms with Crippen molar-refractivity contribution in [3.8, 4) is 0 Å². The number of carboxylic acids is 1. The second-order valence-electron chi connectivity index (χ2n) is 3.19. The molecule has 0 aliphatic carbocycles. The van der Waals surface area contributed by atoms with Gasteiger partial charge in [-0.05, 0) is 0 Å². The van der Waals surface area contributed by atoms with Crippen molar-refractivity contribution in [3.63, 3.8) is 0 Å². The molecule has 13 heavy (non-hydrogen) atoms. The van der Waals surface area contributed by atoms with Gasteiger partial charge in [0.25, 0.3) is 0 Å². The molecule has 0 aromatic rings. The zero-order chi connectivity index (χ0) is 11.1. The summed E-state index contributed by atoms with van der Waals surface area (Å²) < 4.78 is -0.843. The fraction of sp³-hybridized carbons (Fsp3) is 0.857. The van der Waals surface area contributed by atoms with Crippen LogP contribution in [0.1, 0.15) is 13.8 Å². The summed E-state index contributed by atoms with van der Waals surface area (Å²) in [5, 5.41) is 24.7. The SMILES string of the molecule is CC(C)(CO)CO.O=C(O)C(S)S. The third-order valence-corrected chi connectivity index (χ3v) is 1.52. The highest BCUT2D eigenvalue weighted by molar-refractivity contribution is 8.00. The number of aliphatic hydroxyl groups excluding tert-OH is 2. The molecule has 0 aliphatic heterocycles.